The number of aromatic nitrogens is 2. The molecule has 0 bridgehead atoms. The first-order valence-corrected chi connectivity index (χ1v) is 9.07. The Kier molecular flexibility index (Phi) is 8.48. The number of amides is 2. The molecule has 7 nitrogen and oxygen atoms in total. The molecule has 1 aromatic heterocycles. The highest BCUT2D eigenvalue weighted by Gasteiger charge is 2.18. The van der Waals surface area contributed by atoms with Crippen LogP contribution in [-0.2, 0) is 16.1 Å². The van der Waals surface area contributed by atoms with Crippen LogP contribution in [0.1, 0.15) is 34.6 Å². The summed E-state index contributed by atoms with van der Waals surface area (Å²) in [6.45, 7) is 3.32. The summed E-state index contributed by atoms with van der Waals surface area (Å²) in [4.78, 5) is 34.6. The number of carbonyl (C=O) groups excluding carboxylic acids is 2. The van der Waals surface area contributed by atoms with E-state index in [0.717, 1.165) is 11.3 Å². The first kappa shape index (κ1) is 21.4. The lowest BCUT2D eigenvalue weighted by molar-refractivity contribution is -0.121. The average molecular weight is 388 g/mol. The van der Waals surface area contributed by atoms with Gasteiger partial charge in [-0.15, -0.1) is 0 Å². The van der Waals surface area contributed by atoms with Crippen molar-refractivity contribution in [2.75, 3.05) is 26.8 Å². The molecular weight excluding hydrogens is 363 g/mol. The van der Waals surface area contributed by atoms with Gasteiger partial charge in [0.05, 0.1) is 11.9 Å². The highest BCUT2D eigenvalue weighted by atomic mass is 19.1. The number of nitrogens with one attached hydrogen (secondary N) is 1. The first-order valence-electron chi connectivity index (χ1n) is 9.07. The quantitative estimate of drug-likeness (QED) is 0.630. The Morgan fingerprint density at radius 1 is 1.14 bits per heavy atom. The molecule has 1 aromatic carbocycles. The number of hydrogen-bond donors (Lipinski definition) is 1. The van der Waals surface area contributed by atoms with E-state index in [2.05, 4.69) is 15.3 Å². The van der Waals surface area contributed by atoms with Gasteiger partial charge in [-0.2, -0.15) is 0 Å². The van der Waals surface area contributed by atoms with Crippen LogP contribution >= 0.6 is 0 Å². The molecule has 0 aliphatic rings. The molecule has 0 aliphatic carbocycles. The lowest BCUT2D eigenvalue weighted by atomic mass is 10.2. The largest absolute Gasteiger partial charge is 0.385 e. The minimum atomic E-state index is -0.320. The second-order valence-corrected chi connectivity index (χ2v) is 6.33. The Morgan fingerprint density at radius 2 is 1.89 bits per heavy atom. The minimum Gasteiger partial charge on any atom is -0.385 e. The van der Waals surface area contributed by atoms with Gasteiger partial charge in [-0.1, -0.05) is 12.1 Å². The molecular formula is C20H25FN4O3. The summed E-state index contributed by atoms with van der Waals surface area (Å²) in [7, 11) is 1.60. The maximum Gasteiger partial charge on any atom is 0.274 e. The number of nitrogens with zero attached hydrogens (tertiary/aromatic N) is 3. The van der Waals surface area contributed by atoms with Crippen molar-refractivity contribution in [3.63, 3.8) is 0 Å². The first-order chi connectivity index (χ1) is 13.5. The number of benzene rings is 1. The van der Waals surface area contributed by atoms with Crippen LogP contribution in [0.2, 0.25) is 0 Å². The molecule has 0 fully saturated rings. The van der Waals surface area contributed by atoms with Gasteiger partial charge in [0.15, 0.2) is 0 Å². The van der Waals surface area contributed by atoms with Gasteiger partial charge in [0, 0.05) is 46.0 Å². The number of ether oxygens (including phenoxy) is 1. The fraction of sp³-hybridized carbons (Fsp3) is 0.400. The summed E-state index contributed by atoms with van der Waals surface area (Å²) in [5.41, 5.74) is 1.77. The van der Waals surface area contributed by atoms with Gasteiger partial charge in [-0.25, -0.2) is 9.37 Å². The topological polar surface area (TPSA) is 84.4 Å². The molecule has 28 heavy (non-hydrogen) atoms. The molecule has 2 amide bonds. The van der Waals surface area contributed by atoms with E-state index in [-0.39, 0.29) is 36.3 Å². The zero-order valence-corrected chi connectivity index (χ0v) is 16.2. The van der Waals surface area contributed by atoms with Crippen LogP contribution in [0.15, 0.2) is 36.7 Å². The zero-order valence-electron chi connectivity index (χ0n) is 16.2. The Balaban J connectivity index is 1.89. The van der Waals surface area contributed by atoms with Crippen LogP contribution < -0.4 is 5.32 Å². The molecule has 1 N–H and O–H groups in total. The van der Waals surface area contributed by atoms with Crippen molar-refractivity contribution in [2.24, 2.45) is 0 Å². The minimum absolute atomic E-state index is 0.152. The van der Waals surface area contributed by atoms with Gasteiger partial charge in [0.2, 0.25) is 5.91 Å². The number of hydrogen-bond acceptors (Lipinski definition) is 5. The molecule has 0 unspecified atom stereocenters. The molecule has 0 spiro atoms. The van der Waals surface area contributed by atoms with Crippen LogP contribution in [0.4, 0.5) is 4.39 Å². The SMILES string of the molecule is COCCCN(CCC(=O)NCc1ccc(F)cc1)C(=O)c1cnc(C)cn1. The maximum absolute atomic E-state index is 12.9. The van der Waals surface area contributed by atoms with Gasteiger partial charge in [-0.05, 0) is 31.0 Å². The number of carbonyl (C=O) groups is 2. The third-order valence-corrected chi connectivity index (χ3v) is 4.08. The number of aryl methyl sites for hydroxylation is 1. The summed E-state index contributed by atoms with van der Waals surface area (Å²) in [5, 5.41) is 2.78. The summed E-state index contributed by atoms with van der Waals surface area (Å²) >= 11 is 0. The molecule has 0 radical (unpaired) electrons. The molecule has 0 saturated carbocycles. The Hall–Kier alpha value is -2.87. The fourth-order valence-electron chi connectivity index (χ4n) is 2.51. The lowest BCUT2D eigenvalue weighted by Crippen LogP contribution is -2.36. The Morgan fingerprint density at radius 3 is 2.54 bits per heavy atom. The van der Waals surface area contributed by atoms with Crippen molar-refractivity contribution in [1.82, 2.24) is 20.2 Å². The van der Waals surface area contributed by atoms with Gasteiger partial charge in [0.1, 0.15) is 11.5 Å². The van der Waals surface area contributed by atoms with Crippen LogP contribution in [0, 0.1) is 12.7 Å². The standard InChI is InChI=1S/C20H25FN4O3/c1-15-12-23-18(14-22-15)20(27)25(9-3-11-28-2)10-8-19(26)24-13-16-4-6-17(21)7-5-16/h4-7,12,14H,3,8-11,13H2,1-2H3,(H,24,26). The highest BCUT2D eigenvalue weighted by molar-refractivity contribution is 5.92. The molecule has 2 aromatic rings. The maximum atomic E-state index is 12.9. The molecule has 0 atom stereocenters. The molecule has 1 heterocycles. The number of methoxy groups -OCH3 is 1. The van der Waals surface area contributed by atoms with E-state index in [9.17, 15) is 14.0 Å². The van der Waals surface area contributed by atoms with Crippen LogP contribution in [0.25, 0.3) is 0 Å². The third-order valence-electron chi connectivity index (χ3n) is 4.08. The third kappa shape index (κ3) is 7.03. The summed E-state index contributed by atoms with van der Waals surface area (Å²) in [6, 6.07) is 5.93. The Labute approximate surface area is 163 Å². The van der Waals surface area contributed by atoms with Crippen LogP contribution in [0.5, 0.6) is 0 Å². The summed E-state index contributed by atoms with van der Waals surface area (Å²) < 4.78 is 18.0. The van der Waals surface area contributed by atoms with Gasteiger partial charge in [-0.3, -0.25) is 14.6 Å². The zero-order chi connectivity index (χ0) is 20.4. The number of rotatable bonds is 10. The van der Waals surface area contributed by atoms with E-state index in [0.29, 0.717) is 26.1 Å². The monoisotopic (exact) mass is 388 g/mol. The van der Waals surface area contributed by atoms with Crippen molar-refractivity contribution < 1.29 is 18.7 Å². The molecule has 0 aliphatic heterocycles. The fourth-order valence-corrected chi connectivity index (χ4v) is 2.51. The predicted octanol–water partition coefficient (Wildman–Crippen LogP) is 2.11. The normalized spacial score (nSPS) is 10.5. The van der Waals surface area contributed by atoms with Gasteiger partial charge < -0.3 is 15.0 Å². The van der Waals surface area contributed by atoms with E-state index in [1.54, 1.807) is 31.1 Å². The summed E-state index contributed by atoms with van der Waals surface area (Å²) in [5.74, 6) is -0.779. The smallest absolute Gasteiger partial charge is 0.274 e. The van der Waals surface area contributed by atoms with Crippen molar-refractivity contribution >= 4 is 11.8 Å². The van der Waals surface area contributed by atoms with E-state index in [4.69, 9.17) is 4.74 Å². The highest BCUT2D eigenvalue weighted by Crippen LogP contribution is 2.05. The van der Waals surface area contributed by atoms with Crippen molar-refractivity contribution in [3.05, 3.63) is 59.4 Å². The average Bonchev–Trinajstić information content (AvgIpc) is 2.70. The predicted molar refractivity (Wildman–Crippen MR) is 102 cm³/mol. The van der Waals surface area contributed by atoms with E-state index < -0.39 is 0 Å². The van der Waals surface area contributed by atoms with Gasteiger partial charge in [0.25, 0.3) is 5.91 Å². The second kappa shape index (κ2) is 11.1. The van der Waals surface area contributed by atoms with Crippen LogP contribution in [0.3, 0.4) is 0 Å². The van der Waals surface area contributed by atoms with E-state index in [1.807, 2.05) is 0 Å². The van der Waals surface area contributed by atoms with Crippen LogP contribution in [-0.4, -0.2) is 53.5 Å². The van der Waals surface area contributed by atoms with Gasteiger partial charge >= 0.3 is 0 Å². The summed E-state index contributed by atoms with van der Waals surface area (Å²) in [6.07, 6.45) is 3.78. The van der Waals surface area contributed by atoms with E-state index in [1.165, 1.54) is 24.5 Å². The second-order valence-electron chi connectivity index (χ2n) is 6.33. The van der Waals surface area contributed by atoms with E-state index >= 15 is 0 Å². The van der Waals surface area contributed by atoms with Crippen molar-refractivity contribution in [2.45, 2.75) is 26.3 Å². The molecule has 2 rings (SSSR count). The molecule has 150 valence electrons. The lowest BCUT2D eigenvalue weighted by Gasteiger charge is -2.22. The molecule has 8 heteroatoms. The number of halogens is 1. The van der Waals surface area contributed by atoms with Crippen molar-refractivity contribution in [1.29, 1.82) is 0 Å². The Bertz CT molecular complexity index is 766. The molecule has 0 saturated heterocycles. The van der Waals surface area contributed by atoms with Crippen molar-refractivity contribution in [3.8, 4) is 0 Å².